The van der Waals surface area contributed by atoms with E-state index in [9.17, 15) is 0 Å². The molecule has 1 N–H and O–H groups in total. The van der Waals surface area contributed by atoms with Crippen molar-refractivity contribution in [3.05, 3.63) is 34.7 Å². The molecule has 1 aliphatic rings. The van der Waals surface area contributed by atoms with E-state index in [-0.39, 0.29) is 0 Å². The maximum Gasteiger partial charge on any atom is 0.0901 e. The van der Waals surface area contributed by atoms with Gasteiger partial charge in [0.15, 0.2) is 0 Å². The summed E-state index contributed by atoms with van der Waals surface area (Å²) >= 11 is 1.71. The highest BCUT2D eigenvalue weighted by Gasteiger charge is 2.12. The molecule has 3 heteroatoms. The predicted octanol–water partition coefficient (Wildman–Crippen LogP) is 5.25. The van der Waals surface area contributed by atoms with Gasteiger partial charge in [0.25, 0.3) is 0 Å². The Labute approximate surface area is 125 Å². The third-order valence-electron chi connectivity index (χ3n) is 4.00. The molecule has 2 aromatic rings. The number of benzene rings is 1. The maximum absolute atomic E-state index is 4.57. The molecule has 1 saturated carbocycles. The SMILES string of the molecule is Cc1nc(-c2cccc(NC3CCCCCC3)c2)cs1. The summed E-state index contributed by atoms with van der Waals surface area (Å²) in [5.41, 5.74) is 3.55. The van der Waals surface area contributed by atoms with Crippen molar-refractivity contribution in [3.8, 4) is 11.3 Å². The third kappa shape index (κ3) is 3.40. The van der Waals surface area contributed by atoms with Gasteiger partial charge in [0.2, 0.25) is 0 Å². The lowest BCUT2D eigenvalue weighted by Gasteiger charge is -2.18. The van der Waals surface area contributed by atoms with Crippen LogP contribution in [0.25, 0.3) is 11.3 Å². The van der Waals surface area contributed by atoms with Gasteiger partial charge in [-0.25, -0.2) is 4.98 Å². The molecule has 2 nitrogen and oxygen atoms in total. The van der Waals surface area contributed by atoms with Crippen LogP contribution in [0, 0.1) is 6.92 Å². The van der Waals surface area contributed by atoms with Crippen LogP contribution in [0.15, 0.2) is 29.6 Å². The summed E-state index contributed by atoms with van der Waals surface area (Å²) < 4.78 is 0. The number of rotatable bonds is 3. The molecule has 0 aliphatic heterocycles. The summed E-state index contributed by atoms with van der Waals surface area (Å²) in [6, 6.07) is 9.33. The summed E-state index contributed by atoms with van der Waals surface area (Å²) in [6.45, 7) is 2.06. The molecule has 1 aromatic carbocycles. The molecule has 20 heavy (non-hydrogen) atoms. The van der Waals surface area contributed by atoms with Gasteiger partial charge in [-0.2, -0.15) is 0 Å². The number of thiazole rings is 1. The Morgan fingerprint density at radius 3 is 2.65 bits per heavy atom. The Morgan fingerprint density at radius 1 is 1.15 bits per heavy atom. The first-order chi connectivity index (χ1) is 9.81. The molecular weight excluding hydrogens is 264 g/mol. The highest BCUT2D eigenvalue weighted by Crippen LogP contribution is 2.26. The zero-order valence-corrected chi connectivity index (χ0v) is 12.9. The summed E-state index contributed by atoms with van der Waals surface area (Å²) in [7, 11) is 0. The molecular formula is C17H22N2S. The fourth-order valence-corrected chi connectivity index (χ4v) is 3.55. The van der Waals surface area contributed by atoms with E-state index in [0.29, 0.717) is 6.04 Å². The van der Waals surface area contributed by atoms with Crippen molar-refractivity contribution in [2.45, 2.75) is 51.5 Å². The minimum atomic E-state index is 0.643. The lowest BCUT2D eigenvalue weighted by Crippen LogP contribution is -2.18. The van der Waals surface area contributed by atoms with Crippen LogP contribution >= 0.6 is 11.3 Å². The highest BCUT2D eigenvalue weighted by molar-refractivity contribution is 7.09. The van der Waals surface area contributed by atoms with Crippen molar-refractivity contribution < 1.29 is 0 Å². The minimum Gasteiger partial charge on any atom is -0.382 e. The Morgan fingerprint density at radius 2 is 1.95 bits per heavy atom. The van der Waals surface area contributed by atoms with E-state index in [0.717, 1.165) is 10.7 Å². The first-order valence-electron chi connectivity index (χ1n) is 7.60. The van der Waals surface area contributed by atoms with Gasteiger partial charge in [-0.1, -0.05) is 37.8 Å². The Kier molecular flexibility index (Phi) is 4.36. The number of nitrogens with one attached hydrogen (secondary N) is 1. The second kappa shape index (κ2) is 6.40. The van der Waals surface area contributed by atoms with Crippen molar-refractivity contribution in [2.75, 3.05) is 5.32 Å². The van der Waals surface area contributed by atoms with Gasteiger partial charge in [-0.3, -0.25) is 0 Å². The first-order valence-corrected chi connectivity index (χ1v) is 8.48. The largest absolute Gasteiger partial charge is 0.382 e. The number of nitrogens with zero attached hydrogens (tertiary/aromatic N) is 1. The summed E-state index contributed by atoms with van der Waals surface area (Å²) in [4.78, 5) is 4.57. The summed E-state index contributed by atoms with van der Waals surface area (Å²) in [5, 5.41) is 6.98. The van der Waals surface area contributed by atoms with Crippen molar-refractivity contribution >= 4 is 17.0 Å². The van der Waals surface area contributed by atoms with Gasteiger partial charge in [-0.15, -0.1) is 11.3 Å². The van der Waals surface area contributed by atoms with Crippen molar-refractivity contribution in [1.29, 1.82) is 0 Å². The number of aromatic nitrogens is 1. The molecule has 3 rings (SSSR count). The van der Waals surface area contributed by atoms with E-state index in [1.54, 1.807) is 11.3 Å². The van der Waals surface area contributed by atoms with Crippen molar-refractivity contribution in [2.24, 2.45) is 0 Å². The predicted molar refractivity (Wildman–Crippen MR) is 87.4 cm³/mol. The first kappa shape index (κ1) is 13.6. The topological polar surface area (TPSA) is 24.9 Å². The Bertz CT molecular complexity index is 554. The minimum absolute atomic E-state index is 0.643. The monoisotopic (exact) mass is 286 g/mol. The zero-order chi connectivity index (χ0) is 13.8. The fraction of sp³-hybridized carbons (Fsp3) is 0.471. The molecule has 1 heterocycles. The molecule has 106 valence electrons. The summed E-state index contributed by atoms with van der Waals surface area (Å²) in [6.07, 6.45) is 8.14. The molecule has 0 saturated heterocycles. The van der Waals surface area contributed by atoms with Crippen molar-refractivity contribution in [1.82, 2.24) is 4.98 Å². The molecule has 0 bridgehead atoms. The molecule has 0 spiro atoms. The fourth-order valence-electron chi connectivity index (χ4n) is 2.92. The standard InChI is InChI=1S/C17H22N2S/c1-13-18-17(12-20-13)14-7-6-10-16(11-14)19-15-8-4-2-3-5-9-15/h6-7,10-12,15,19H,2-5,8-9H2,1H3. The normalized spacial score (nSPS) is 16.9. The quantitative estimate of drug-likeness (QED) is 0.779. The van der Waals surface area contributed by atoms with Gasteiger partial charge in [0.1, 0.15) is 0 Å². The third-order valence-corrected chi connectivity index (χ3v) is 4.78. The average Bonchev–Trinajstić information content (AvgIpc) is 2.73. The van der Waals surface area contributed by atoms with E-state index in [2.05, 4.69) is 46.9 Å². The molecule has 0 radical (unpaired) electrons. The second-order valence-corrected chi connectivity index (χ2v) is 6.73. The molecule has 0 amide bonds. The number of hydrogen-bond acceptors (Lipinski definition) is 3. The van der Waals surface area contributed by atoms with Crippen LogP contribution in [0.1, 0.15) is 43.5 Å². The lowest BCUT2D eigenvalue weighted by molar-refractivity contribution is 0.620. The van der Waals surface area contributed by atoms with Gasteiger partial charge in [0, 0.05) is 22.7 Å². The van der Waals surface area contributed by atoms with E-state index >= 15 is 0 Å². The van der Waals surface area contributed by atoms with Crippen LogP contribution in [0.5, 0.6) is 0 Å². The Hall–Kier alpha value is -1.35. The van der Waals surface area contributed by atoms with Gasteiger partial charge in [0.05, 0.1) is 10.7 Å². The van der Waals surface area contributed by atoms with Gasteiger partial charge >= 0.3 is 0 Å². The Balaban J connectivity index is 1.73. The second-order valence-electron chi connectivity index (χ2n) is 5.67. The number of hydrogen-bond donors (Lipinski definition) is 1. The van der Waals surface area contributed by atoms with Crippen LogP contribution < -0.4 is 5.32 Å². The molecule has 0 unspecified atom stereocenters. The lowest BCUT2D eigenvalue weighted by atomic mass is 10.1. The highest BCUT2D eigenvalue weighted by atomic mass is 32.1. The average molecular weight is 286 g/mol. The van der Waals surface area contributed by atoms with E-state index in [4.69, 9.17) is 0 Å². The van der Waals surface area contributed by atoms with Crippen LogP contribution in [0.2, 0.25) is 0 Å². The van der Waals surface area contributed by atoms with Gasteiger partial charge in [-0.05, 0) is 31.9 Å². The maximum atomic E-state index is 4.57. The van der Waals surface area contributed by atoms with E-state index in [1.165, 1.54) is 49.8 Å². The van der Waals surface area contributed by atoms with E-state index in [1.807, 2.05) is 0 Å². The molecule has 1 aromatic heterocycles. The number of aryl methyl sites for hydroxylation is 1. The molecule has 0 atom stereocenters. The van der Waals surface area contributed by atoms with Crippen molar-refractivity contribution in [3.63, 3.8) is 0 Å². The van der Waals surface area contributed by atoms with E-state index < -0.39 is 0 Å². The van der Waals surface area contributed by atoms with Gasteiger partial charge < -0.3 is 5.32 Å². The summed E-state index contributed by atoms with van der Waals surface area (Å²) in [5.74, 6) is 0. The number of anilines is 1. The van der Waals surface area contributed by atoms with Crippen LogP contribution in [-0.4, -0.2) is 11.0 Å². The van der Waals surface area contributed by atoms with Crippen LogP contribution in [0.3, 0.4) is 0 Å². The van der Waals surface area contributed by atoms with Crippen LogP contribution in [-0.2, 0) is 0 Å². The zero-order valence-electron chi connectivity index (χ0n) is 12.1. The smallest absolute Gasteiger partial charge is 0.0901 e. The molecule has 1 fully saturated rings. The van der Waals surface area contributed by atoms with Crippen LogP contribution in [0.4, 0.5) is 5.69 Å². The molecule has 1 aliphatic carbocycles.